The maximum Gasteiger partial charge on any atom is 0.225 e. The molecule has 1 aromatic rings. The van der Waals surface area contributed by atoms with Crippen molar-refractivity contribution in [1.82, 2.24) is 9.97 Å². The van der Waals surface area contributed by atoms with Crippen LogP contribution in [0.15, 0.2) is 0 Å². The summed E-state index contributed by atoms with van der Waals surface area (Å²) in [4.78, 5) is 11.1. The van der Waals surface area contributed by atoms with Crippen LogP contribution in [0.1, 0.15) is 24.2 Å². The summed E-state index contributed by atoms with van der Waals surface area (Å²) < 4.78 is 5.35. The van der Waals surface area contributed by atoms with Gasteiger partial charge in [0.15, 0.2) is 0 Å². The zero-order valence-corrected chi connectivity index (χ0v) is 10.7. The maximum atomic E-state index is 5.86. The smallest absolute Gasteiger partial charge is 0.225 e. The first kappa shape index (κ1) is 12.1. The lowest BCUT2D eigenvalue weighted by Crippen LogP contribution is -2.37. The van der Waals surface area contributed by atoms with E-state index in [1.807, 2.05) is 13.8 Å². The molecule has 0 bridgehead atoms. The first-order valence-corrected chi connectivity index (χ1v) is 6.00. The Hall–Kier alpha value is -1.36. The maximum absolute atomic E-state index is 5.86. The Morgan fingerprint density at radius 2 is 1.71 bits per heavy atom. The number of aromatic nitrogens is 2. The van der Waals surface area contributed by atoms with E-state index in [2.05, 4.69) is 14.9 Å². The molecular weight excluding hydrogens is 216 g/mol. The molecule has 5 heteroatoms. The number of nitrogens with two attached hydrogens (primary N) is 1. The standard InChI is InChI=1S/C12H20N4O/c1-8-11(13)9(2)15-12(14-8)16-6-4-10(17-3)5-7-16/h10H,4-7,13H2,1-3H3. The largest absolute Gasteiger partial charge is 0.396 e. The van der Waals surface area contributed by atoms with E-state index in [0.717, 1.165) is 43.3 Å². The average Bonchev–Trinajstić information content (AvgIpc) is 2.35. The third-order valence-electron chi connectivity index (χ3n) is 3.37. The summed E-state index contributed by atoms with van der Waals surface area (Å²) in [7, 11) is 1.77. The molecule has 5 nitrogen and oxygen atoms in total. The van der Waals surface area contributed by atoms with Crippen molar-refractivity contribution in [2.45, 2.75) is 32.8 Å². The van der Waals surface area contributed by atoms with E-state index in [9.17, 15) is 0 Å². The number of piperidine rings is 1. The van der Waals surface area contributed by atoms with E-state index >= 15 is 0 Å². The molecule has 0 atom stereocenters. The van der Waals surface area contributed by atoms with E-state index in [-0.39, 0.29) is 0 Å². The van der Waals surface area contributed by atoms with E-state index < -0.39 is 0 Å². The highest BCUT2D eigenvalue weighted by Gasteiger charge is 2.21. The van der Waals surface area contributed by atoms with Crippen LogP contribution in [0.3, 0.4) is 0 Å². The quantitative estimate of drug-likeness (QED) is 0.838. The van der Waals surface area contributed by atoms with Gasteiger partial charge in [-0.25, -0.2) is 9.97 Å². The summed E-state index contributed by atoms with van der Waals surface area (Å²) in [5.41, 5.74) is 8.28. The second-order valence-corrected chi connectivity index (χ2v) is 4.53. The monoisotopic (exact) mass is 236 g/mol. The van der Waals surface area contributed by atoms with Crippen molar-refractivity contribution in [2.24, 2.45) is 0 Å². The van der Waals surface area contributed by atoms with Crippen LogP contribution in [-0.2, 0) is 4.74 Å². The lowest BCUT2D eigenvalue weighted by molar-refractivity contribution is 0.0816. The SMILES string of the molecule is COC1CCN(c2nc(C)c(N)c(C)n2)CC1. The predicted octanol–water partition coefficient (Wildman–Crippen LogP) is 1.29. The molecule has 0 aliphatic carbocycles. The number of anilines is 2. The van der Waals surface area contributed by atoms with Gasteiger partial charge in [-0.2, -0.15) is 0 Å². The Labute approximate surface area is 102 Å². The summed E-state index contributed by atoms with van der Waals surface area (Å²) in [6.07, 6.45) is 2.44. The average molecular weight is 236 g/mol. The van der Waals surface area contributed by atoms with Gasteiger partial charge >= 0.3 is 0 Å². The van der Waals surface area contributed by atoms with E-state index in [1.54, 1.807) is 7.11 Å². The molecule has 0 saturated carbocycles. The summed E-state index contributed by atoms with van der Waals surface area (Å²) in [6.45, 7) is 5.74. The van der Waals surface area contributed by atoms with Crippen molar-refractivity contribution in [1.29, 1.82) is 0 Å². The highest BCUT2D eigenvalue weighted by atomic mass is 16.5. The molecular formula is C12H20N4O. The summed E-state index contributed by atoms with van der Waals surface area (Å²) in [5, 5.41) is 0. The molecule has 94 valence electrons. The molecule has 0 unspecified atom stereocenters. The van der Waals surface area contributed by atoms with E-state index in [4.69, 9.17) is 10.5 Å². The molecule has 2 N–H and O–H groups in total. The van der Waals surface area contributed by atoms with Crippen molar-refractivity contribution in [3.8, 4) is 0 Å². The highest BCUT2D eigenvalue weighted by Crippen LogP contribution is 2.21. The molecule has 17 heavy (non-hydrogen) atoms. The third-order valence-corrected chi connectivity index (χ3v) is 3.37. The molecule has 1 aliphatic rings. The van der Waals surface area contributed by atoms with Crippen LogP contribution in [-0.4, -0.2) is 36.3 Å². The van der Waals surface area contributed by atoms with Crippen LogP contribution >= 0.6 is 0 Å². The fourth-order valence-electron chi connectivity index (χ4n) is 2.14. The molecule has 0 spiro atoms. The Morgan fingerprint density at radius 1 is 1.18 bits per heavy atom. The molecule has 0 aromatic carbocycles. The number of ether oxygens (including phenoxy) is 1. The van der Waals surface area contributed by atoms with E-state index in [1.165, 1.54) is 0 Å². The Balaban J connectivity index is 2.13. The second kappa shape index (κ2) is 4.87. The van der Waals surface area contributed by atoms with Crippen LogP contribution in [0.25, 0.3) is 0 Å². The van der Waals surface area contributed by atoms with Gasteiger partial charge < -0.3 is 15.4 Å². The lowest BCUT2D eigenvalue weighted by atomic mass is 10.1. The molecule has 1 saturated heterocycles. The van der Waals surface area contributed by atoms with Gasteiger partial charge in [0.2, 0.25) is 5.95 Å². The number of nitrogens with zero attached hydrogens (tertiary/aromatic N) is 3. The van der Waals surface area contributed by atoms with Gasteiger partial charge in [0.05, 0.1) is 23.2 Å². The molecule has 0 radical (unpaired) electrons. The molecule has 2 rings (SSSR count). The van der Waals surface area contributed by atoms with Gasteiger partial charge in [-0.1, -0.05) is 0 Å². The first-order chi connectivity index (χ1) is 8.11. The number of rotatable bonds is 2. The van der Waals surface area contributed by atoms with Crippen molar-refractivity contribution in [3.05, 3.63) is 11.4 Å². The van der Waals surface area contributed by atoms with Crippen molar-refractivity contribution in [3.63, 3.8) is 0 Å². The number of hydrogen-bond donors (Lipinski definition) is 1. The van der Waals surface area contributed by atoms with Gasteiger partial charge in [0.1, 0.15) is 0 Å². The molecule has 0 amide bonds. The first-order valence-electron chi connectivity index (χ1n) is 6.00. The summed E-state index contributed by atoms with van der Waals surface area (Å²) >= 11 is 0. The molecule has 1 aromatic heterocycles. The minimum atomic E-state index is 0.377. The van der Waals surface area contributed by atoms with Crippen LogP contribution in [0.4, 0.5) is 11.6 Å². The Bertz CT molecular complexity index is 376. The Kier molecular flexibility index (Phi) is 3.47. The number of methoxy groups -OCH3 is 1. The topological polar surface area (TPSA) is 64.3 Å². The fraction of sp³-hybridized carbons (Fsp3) is 0.667. The number of aryl methyl sites for hydroxylation is 2. The van der Waals surface area contributed by atoms with Crippen molar-refractivity contribution in [2.75, 3.05) is 30.8 Å². The minimum Gasteiger partial charge on any atom is -0.396 e. The minimum absolute atomic E-state index is 0.377. The van der Waals surface area contributed by atoms with Gasteiger partial charge in [0, 0.05) is 20.2 Å². The fourth-order valence-corrected chi connectivity index (χ4v) is 2.14. The molecule has 1 aliphatic heterocycles. The lowest BCUT2D eigenvalue weighted by Gasteiger charge is -2.31. The molecule has 1 fully saturated rings. The van der Waals surface area contributed by atoms with Crippen molar-refractivity contribution < 1.29 is 4.74 Å². The van der Waals surface area contributed by atoms with Crippen LogP contribution < -0.4 is 10.6 Å². The van der Waals surface area contributed by atoms with Gasteiger partial charge in [-0.15, -0.1) is 0 Å². The van der Waals surface area contributed by atoms with Crippen LogP contribution in [0.5, 0.6) is 0 Å². The van der Waals surface area contributed by atoms with Gasteiger partial charge in [0.25, 0.3) is 0 Å². The van der Waals surface area contributed by atoms with Crippen LogP contribution in [0, 0.1) is 13.8 Å². The molecule has 2 heterocycles. The van der Waals surface area contributed by atoms with Crippen LogP contribution in [0.2, 0.25) is 0 Å². The Morgan fingerprint density at radius 3 is 2.18 bits per heavy atom. The number of nitrogen functional groups attached to an aromatic ring is 1. The zero-order valence-electron chi connectivity index (χ0n) is 10.7. The number of hydrogen-bond acceptors (Lipinski definition) is 5. The van der Waals surface area contributed by atoms with Gasteiger partial charge in [-0.3, -0.25) is 0 Å². The third kappa shape index (κ3) is 2.49. The second-order valence-electron chi connectivity index (χ2n) is 4.53. The predicted molar refractivity (Wildman–Crippen MR) is 68.2 cm³/mol. The summed E-state index contributed by atoms with van der Waals surface area (Å²) in [6, 6.07) is 0. The highest BCUT2D eigenvalue weighted by molar-refractivity contribution is 5.50. The summed E-state index contributed by atoms with van der Waals surface area (Å²) in [5.74, 6) is 0.795. The normalized spacial score (nSPS) is 17.5. The van der Waals surface area contributed by atoms with E-state index in [0.29, 0.717) is 11.8 Å². The van der Waals surface area contributed by atoms with Gasteiger partial charge in [-0.05, 0) is 26.7 Å². The zero-order chi connectivity index (χ0) is 12.4. The van der Waals surface area contributed by atoms with Crippen molar-refractivity contribution >= 4 is 11.6 Å².